The lowest BCUT2D eigenvalue weighted by Crippen LogP contribution is -2.36. The minimum Gasteiger partial charge on any atom is -0.337 e. The van der Waals surface area contributed by atoms with Crippen LogP contribution in [-0.2, 0) is 0 Å². The Morgan fingerprint density at radius 1 is 1.22 bits per heavy atom. The number of benzene rings is 1. The van der Waals surface area contributed by atoms with Gasteiger partial charge in [-0.05, 0) is 52.1 Å². The van der Waals surface area contributed by atoms with Gasteiger partial charge in [-0.1, -0.05) is 18.6 Å². The third-order valence-electron chi connectivity index (χ3n) is 4.91. The Morgan fingerprint density at radius 2 is 1.96 bits per heavy atom. The highest BCUT2D eigenvalue weighted by molar-refractivity contribution is 5.99. The molecule has 1 amide bonds. The summed E-state index contributed by atoms with van der Waals surface area (Å²) in [5, 5.41) is 1.04. The number of amides is 1. The highest BCUT2D eigenvalue weighted by atomic mass is 16.2. The molecule has 122 valence electrons. The Kier molecular flexibility index (Phi) is 4.11. The van der Waals surface area contributed by atoms with Crippen molar-refractivity contribution in [3.05, 3.63) is 41.1 Å². The van der Waals surface area contributed by atoms with Gasteiger partial charge in [0.2, 0.25) is 0 Å². The quantitative estimate of drug-likeness (QED) is 0.855. The van der Waals surface area contributed by atoms with Crippen molar-refractivity contribution in [3.63, 3.8) is 0 Å². The summed E-state index contributed by atoms with van der Waals surface area (Å²) in [6.45, 7) is 7.80. The van der Waals surface area contributed by atoms with Gasteiger partial charge in [0.05, 0.1) is 16.8 Å². The van der Waals surface area contributed by atoms with E-state index >= 15 is 0 Å². The first-order chi connectivity index (χ1) is 10.9. The standard InChI is InChI=1S/C19H25N3O/c1-12-6-7-17-15(8-12)9-16(14(3)20-17)19(23)22-10-13(2)18(11-22)21(4)5/h6-9,13,18H,10-11H2,1-5H3/t13-,18-/m0/s1. The molecule has 1 fully saturated rings. The van der Waals surface area contributed by atoms with E-state index in [9.17, 15) is 4.79 Å². The average Bonchev–Trinajstić information content (AvgIpc) is 2.88. The number of likely N-dealkylation sites (tertiary alicyclic amines) is 1. The molecule has 1 aromatic heterocycles. The average molecular weight is 311 g/mol. The topological polar surface area (TPSA) is 36.4 Å². The van der Waals surface area contributed by atoms with E-state index in [1.54, 1.807) is 0 Å². The van der Waals surface area contributed by atoms with Crippen LogP contribution in [0.4, 0.5) is 0 Å². The number of hydrogen-bond acceptors (Lipinski definition) is 3. The Labute approximate surface area is 138 Å². The maximum atomic E-state index is 13.0. The minimum absolute atomic E-state index is 0.106. The first-order valence-corrected chi connectivity index (χ1v) is 8.20. The van der Waals surface area contributed by atoms with Crippen LogP contribution in [-0.4, -0.2) is 53.9 Å². The molecule has 1 aromatic carbocycles. The normalized spacial score (nSPS) is 21.4. The van der Waals surface area contributed by atoms with Crippen LogP contribution in [0.2, 0.25) is 0 Å². The lowest BCUT2D eigenvalue weighted by molar-refractivity contribution is 0.0780. The molecule has 2 aromatic rings. The molecule has 4 heteroatoms. The van der Waals surface area contributed by atoms with E-state index in [0.29, 0.717) is 12.0 Å². The zero-order valence-electron chi connectivity index (χ0n) is 14.6. The summed E-state index contributed by atoms with van der Waals surface area (Å²) in [7, 11) is 4.17. The van der Waals surface area contributed by atoms with Crippen LogP contribution < -0.4 is 0 Å². The van der Waals surface area contributed by atoms with Crippen molar-refractivity contribution >= 4 is 16.8 Å². The largest absolute Gasteiger partial charge is 0.337 e. The van der Waals surface area contributed by atoms with Gasteiger partial charge < -0.3 is 9.80 Å². The smallest absolute Gasteiger partial charge is 0.255 e. The van der Waals surface area contributed by atoms with Gasteiger partial charge in [-0.2, -0.15) is 0 Å². The molecule has 4 nitrogen and oxygen atoms in total. The van der Waals surface area contributed by atoms with Crippen LogP contribution in [0.1, 0.15) is 28.5 Å². The SMILES string of the molecule is Cc1ccc2nc(C)c(C(=O)N3C[C@H](C)[C@@H](N(C)C)C3)cc2c1. The molecule has 1 aliphatic rings. The molecule has 0 saturated carbocycles. The number of nitrogens with zero attached hydrogens (tertiary/aromatic N) is 3. The van der Waals surface area contributed by atoms with E-state index in [1.165, 1.54) is 5.56 Å². The van der Waals surface area contributed by atoms with Gasteiger partial charge in [0.1, 0.15) is 0 Å². The predicted molar refractivity (Wildman–Crippen MR) is 93.8 cm³/mol. The second kappa shape index (κ2) is 5.93. The fourth-order valence-corrected chi connectivity index (χ4v) is 3.57. The number of carbonyl (C=O) groups is 1. The van der Waals surface area contributed by atoms with Crippen LogP contribution in [0.15, 0.2) is 24.3 Å². The van der Waals surface area contributed by atoms with E-state index in [4.69, 9.17) is 0 Å². The summed E-state index contributed by atoms with van der Waals surface area (Å²) < 4.78 is 0. The highest BCUT2D eigenvalue weighted by Gasteiger charge is 2.34. The molecule has 2 heterocycles. The second-order valence-corrected chi connectivity index (χ2v) is 7.04. The lowest BCUT2D eigenvalue weighted by Gasteiger charge is -2.22. The van der Waals surface area contributed by atoms with Crippen LogP contribution in [0, 0.1) is 19.8 Å². The molecule has 0 aliphatic carbocycles. The summed E-state index contributed by atoms with van der Waals surface area (Å²) in [6.07, 6.45) is 0. The zero-order chi connectivity index (χ0) is 16.7. The summed E-state index contributed by atoms with van der Waals surface area (Å²) in [5.74, 6) is 0.597. The number of likely N-dealkylation sites (N-methyl/N-ethyl adjacent to an activating group) is 1. The number of aryl methyl sites for hydroxylation is 2. The Balaban J connectivity index is 1.93. The number of hydrogen-bond donors (Lipinski definition) is 0. The molecule has 1 saturated heterocycles. The number of pyridine rings is 1. The molecule has 23 heavy (non-hydrogen) atoms. The third-order valence-corrected chi connectivity index (χ3v) is 4.91. The molecule has 2 atom stereocenters. The first-order valence-electron chi connectivity index (χ1n) is 8.20. The van der Waals surface area contributed by atoms with Gasteiger partial charge in [0.15, 0.2) is 0 Å². The molecular formula is C19H25N3O. The van der Waals surface area contributed by atoms with Crippen molar-refractivity contribution in [2.24, 2.45) is 5.92 Å². The molecule has 1 aliphatic heterocycles. The maximum Gasteiger partial charge on any atom is 0.255 e. The lowest BCUT2D eigenvalue weighted by atomic mass is 10.1. The Hall–Kier alpha value is -1.94. The van der Waals surface area contributed by atoms with E-state index in [-0.39, 0.29) is 5.91 Å². The van der Waals surface area contributed by atoms with E-state index in [1.807, 2.05) is 24.0 Å². The van der Waals surface area contributed by atoms with Gasteiger partial charge >= 0.3 is 0 Å². The van der Waals surface area contributed by atoms with Crippen molar-refractivity contribution < 1.29 is 4.79 Å². The molecule has 3 rings (SSSR count). The van der Waals surface area contributed by atoms with Crippen molar-refractivity contribution in [2.45, 2.75) is 26.8 Å². The van der Waals surface area contributed by atoms with Gasteiger partial charge in [0.25, 0.3) is 5.91 Å². The van der Waals surface area contributed by atoms with Crippen LogP contribution >= 0.6 is 0 Å². The number of carbonyl (C=O) groups excluding carboxylic acids is 1. The number of aromatic nitrogens is 1. The molecule has 0 unspecified atom stereocenters. The Morgan fingerprint density at radius 3 is 2.61 bits per heavy atom. The summed E-state index contributed by atoms with van der Waals surface area (Å²) in [4.78, 5) is 21.8. The number of fused-ring (bicyclic) bond motifs is 1. The van der Waals surface area contributed by atoms with E-state index < -0.39 is 0 Å². The van der Waals surface area contributed by atoms with Gasteiger partial charge in [-0.15, -0.1) is 0 Å². The first kappa shape index (κ1) is 15.9. The molecule has 0 spiro atoms. The van der Waals surface area contributed by atoms with E-state index in [2.05, 4.69) is 50.0 Å². The highest BCUT2D eigenvalue weighted by Crippen LogP contribution is 2.24. The fourth-order valence-electron chi connectivity index (χ4n) is 3.57. The van der Waals surface area contributed by atoms with Crippen molar-refractivity contribution in [1.29, 1.82) is 0 Å². The van der Waals surface area contributed by atoms with Crippen molar-refractivity contribution in [2.75, 3.05) is 27.2 Å². The fraction of sp³-hybridized carbons (Fsp3) is 0.474. The van der Waals surface area contributed by atoms with E-state index in [0.717, 1.165) is 35.2 Å². The van der Waals surface area contributed by atoms with Gasteiger partial charge in [-0.3, -0.25) is 9.78 Å². The van der Waals surface area contributed by atoms with Crippen LogP contribution in [0.5, 0.6) is 0 Å². The minimum atomic E-state index is 0.106. The monoisotopic (exact) mass is 311 g/mol. The van der Waals surface area contributed by atoms with Crippen molar-refractivity contribution in [3.8, 4) is 0 Å². The van der Waals surface area contributed by atoms with Crippen LogP contribution in [0.25, 0.3) is 10.9 Å². The molecule has 0 bridgehead atoms. The summed E-state index contributed by atoms with van der Waals surface area (Å²) in [5.41, 5.74) is 3.68. The molecule has 0 radical (unpaired) electrons. The molecular weight excluding hydrogens is 286 g/mol. The van der Waals surface area contributed by atoms with Crippen molar-refractivity contribution in [1.82, 2.24) is 14.8 Å². The Bertz CT molecular complexity index is 754. The maximum absolute atomic E-state index is 13.0. The van der Waals surface area contributed by atoms with Gasteiger partial charge in [-0.25, -0.2) is 0 Å². The second-order valence-electron chi connectivity index (χ2n) is 7.04. The summed E-state index contributed by atoms with van der Waals surface area (Å²) in [6, 6.07) is 8.59. The number of rotatable bonds is 2. The predicted octanol–water partition coefficient (Wildman–Crippen LogP) is 2.87. The zero-order valence-corrected chi connectivity index (χ0v) is 14.6. The third kappa shape index (κ3) is 2.95. The van der Waals surface area contributed by atoms with Crippen LogP contribution in [0.3, 0.4) is 0 Å². The van der Waals surface area contributed by atoms with Gasteiger partial charge in [0, 0.05) is 24.5 Å². The summed E-state index contributed by atoms with van der Waals surface area (Å²) >= 11 is 0. The molecule has 0 N–H and O–H groups in total.